The van der Waals surface area contributed by atoms with E-state index in [1.54, 1.807) is 6.07 Å². The zero-order chi connectivity index (χ0) is 15.4. The molecule has 0 bridgehead atoms. The monoisotopic (exact) mass is 311 g/mol. The number of aryl methyl sites for hydroxylation is 2. The molecule has 0 amide bonds. The van der Waals surface area contributed by atoms with Gasteiger partial charge < -0.3 is 10.1 Å². The predicted octanol–water partition coefficient (Wildman–Crippen LogP) is 3.88. The molecule has 1 aromatic heterocycles. The van der Waals surface area contributed by atoms with Crippen molar-refractivity contribution < 1.29 is 9.13 Å². The quantitative estimate of drug-likeness (QED) is 0.880. The SMILES string of the molecule is CCc1nn(CC)c(CNc2ccc(F)cc2OC)c1Cl. The van der Waals surface area contributed by atoms with Gasteiger partial charge >= 0.3 is 0 Å². The highest BCUT2D eigenvalue weighted by molar-refractivity contribution is 6.31. The fraction of sp³-hybridized carbons (Fsp3) is 0.400. The molecule has 21 heavy (non-hydrogen) atoms. The highest BCUT2D eigenvalue weighted by Crippen LogP contribution is 2.27. The van der Waals surface area contributed by atoms with Gasteiger partial charge in [0.15, 0.2) is 0 Å². The molecule has 0 unspecified atom stereocenters. The van der Waals surface area contributed by atoms with Crippen molar-refractivity contribution >= 4 is 17.3 Å². The number of nitrogens with zero attached hydrogens (tertiary/aromatic N) is 2. The molecular weight excluding hydrogens is 293 g/mol. The maximum atomic E-state index is 13.2. The smallest absolute Gasteiger partial charge is 0.144 e. The van der Waals surface area contributed by atoms with E-state index in [1.165, 1.54) is 19.2 Å². The van der Waals surface area contributed by atoms with Crippen LogP contribution in [-0.4, -0.2) is 16.9 Å². The number of methoxy groups -OCH3 is 1. The van der Waals surface area contributed by atoms with Gasteiger partial charge in [0.05, 0.1) is 35.8 Å². The molecule has 0 fully saturated rings. The van der Waals surface area contributed by atoms with Crippen LogP contribution in [0.1, 0.15) is 25.2 Å². The third-order valence-corrected chi connectivity index (χ3v) is 3.74. The Labute approximate surface area is 128 Å². The number of anilines is 1. The standard InChI is InChI=1S/C15H19ClFN3O/c1-4-11-15(16)13(20(5-2)19-11)9-18-12-7-6-10(17)8-14(12)21-3/h6-8,18H,4-5,9H2,1-3H3. The summed E-state index contributed by atoms with van der Waals surface area (Å²) in [6, 6.07) is 4.38. The highest BCUT2D eigenvalue weighted by Gasteiger charge is 2.14. The highest BCUT2D eigenvalue weighted by atomic mass is 35.5. The number of benzene rings is 1. The molecule has 0 saturated heterocycles. The summed E-state index contributed by atoms with van der Waals surface area (Å²) >= 11 is 6.36. The van der Waals surface area contributed by atoms with Crippen LogP contribution in [0.4, 0.5) is 10.1 Å². The molecule has 0 aliphatic carbocycles. The van der Waals surface area contributed by atoms with E-state index in [0.29, 0.717) is 17.3 Å². The van der Waals surface area contributed by atoms with Crippen LogP contribution in [0.2, 0.25) is 5.02 Å². The molecular formula is C15H19ClFN3O. The minimum Gasteiger partial charge on any atom is -0.494 e. The van der Waals surface area contributed by atoms with Crippen LogP contribution in [0.3, 0.4) is 0 Å². The van der Waals surface area contributed by atoms with Gasteiger partial charge in [-0.1, -0.05) is 18.5 Å². The van der Waals surface area contributed by atoms with E-state index >= 15 is 0 Å². The van der Waals surface area contributed by atoms with Crippen molar-refractivity contribution in [1.29, 1.82) is 0 Å². The van der Waals surface area contributed by atoms with Crippen molar-refractivity contribution in [3.8, 4) is 5.75 Å². The van der Waals surface area contributed by atoms with Crippen LogP contribution in [0.15, 0.2) is 18.2 Å². The molecule has 1 aromatic carbocycles. The lowest BCUT2D eigenvalue weighted by Gasteiger charge is -2.12. The normalized spacial score (nSPS) is 10.7. The van der Waals surface area contributed by atoms with Crippen molar-refractivity contribution in [1.82, 2.24) is 9.78 Å². The van der Waals surface area contributed by atoms with Crippen LogP contribution in [0, 0.1) is 5.82 Å². The van der Waals surface area contributed by atoms with E-state index in [-0.39, 0.29) is 5.82 Å². The van der Waals surface area contributed by atoms with Crippen molar-refractivity contribution in [2.24, 2.45) is 0 Å². The van der Waals surface area contributed by atoms with Gasteiger partial charge in [0.1, 0.15) is 11.6 Å². The molecule has 0 radical (unpaired) electrons. The number of aromatic nitrogens is 2. The zero-order valence-electron chi connectivity index (χ0n) is 12.4. The fourth-order valence-corrected chi connectivity index (χ4v) is 2.51. The summed E-state index contributed by atoms with van der Waals surface area (Å²) in [7, 11) is 1.51. The Morgan fingerprint density at radius 2 is 2.14 bits per heavy atom. The Kier molecular flexibility index (Phi) is 5.07. The first-order chi connectivity index (χ1) is 10.1. The summed E-state index contributed by atoms with van der Waals surface area (Å²) in [5, 5.41) is 8.38. The van der Waals surface area contributed by atoms with Crippen LogP contribution in [0.25, 0.3) is 0 Å². The van der Waals surface area contributed by atoms with Crippen LogP contribution >= 0.6 is 11.6 Å². The number of ether oxygens (including phenoxy) is 1. The van der Waals surface area contributed by atoms with E-state index in [2.05, 4.69) is 10.4 Å². The molecule has 114 valence electrons. The molecule has 0 saturated carbocycles. The lowest BCUT2D eigenvalue weighted by molar-refractivity contribution is 0.413. The second kappa shape index (κ2) is 6.80. The van der Waals surface area contributed by atoms with Crippen LogP contribution in [0.5, 0.6) is 5.75 Å². The first kappa shape index (κ1) is 15.6. The van der Waals surface area contributed by atoms with E-state index < -0.39 is 0 Å². The Bertz CT molecular complexity index is 628. The molecule has 2 rings (SSSR count). The maximum Gasteiger partial charge on any atom is 0.144 e. The first-order valence-electron chi connectivity index (χ1n) is 6.92. The first-order valence-corrected chi connectivity index (χ1v) is 7.29. The Morgan fingerprint density at radius 3 is 2.76 bits per heavy atom. The summed E-state index contributed by atoms with van der Waals surface area (Å²) in [5.41, 5.74) is 2.53. The minimum atomic E-state index is -0.331. The van der Waals surface area contributed by atoms with Crippen molar-refractivity contribution in [3.63, 3.8) is 0 Å². The summed E-state index contributed by atoms with van der Waals surface area (Å²) in [4.78, 5) is 0. The van der Waals surface area contributed by atoms with Gasteiger partial charge in [-0.2, -0.15) is 5.10 Å². The number of halogens is 2. The summed E-state index contributed by atoms with van der Waals surface area (Å²) in [6.45, 7) is 5.29. The molecule has 1 heterocycles. The van der Waals surface area contributed by atoms with Gasteiger partial charge in [-0.15, -0.1) is 0 Å². The van der Waals surface area contributed by atoms with E-state index in [1.807, 2.05) is 18.5 Å². The number of nitrogens with one attached hydrogen (secondary N) is 1. The topological polar surface area (TPSA) is 39.1 Å². The van der Waals surface area contributed by atoms with Crippen molar-refractivity contribution in [3.05, 3.63) is 40.4 Å². The minimum absolute atomic E-state index is 0.331. The average Bonchev–Trinajstić information content (AvgIpc) is 2.81. The van der Waals surface area contributed by atoms with E-state index in [4.69, 9.17) is 16.3 Å². The summed E-state index contributed by atoms with van der Waals surface area (Å²) < 4.78 is 20.2. The van der Waals surface area contributed by atoms with Crippen molar-refractivity contribution in [2.75, 3.05) is 12.4 Å². The fourth-order valence-electron chi connectivity index (χ4n) is 2.18. The molecule has 0 atom stereocenters. The molecule has 0 aliphatic rings. The molecule has 1 N–H and O–H groups in total. The van der Waals surface area contributed by atoms with E-state index in [9.17, 15) is 4.39 Å². The number of hydrogen-bond donors (Lipinski definition) is 1. The Balaban J connectivity index is 2.22. The largest absolute Gasteiger partial charge is 0.494 e. The second-order valence-corrected chi connectivity index (χ2v) is 4.95. The van der Waals surface area contributed by atoms with E-state index in [0.717, 1.165) is 30.0 Å². The average molecular weight is 312 g/mol. The maximum absolute atomic E-state index is 13.2. The summed E-state index contributed by atoms with van der Waals surface area (Å²) in [6.07, 6.45) is 0.790. The van der Waals surface area contributed by atoms with Gasteiger partial charge in [-0.05, 0) is 25.5 Å². The Morgan fingerprint density at radius 1 is 1.38 bits per heavy atom. The van der Waals surface area contributed by atoms with Crippen LogP contribution < -0.4 is 10.1 Å². The molecule has 4 nitrogen and oxygen atoms in total. The van der Waals surface area contributed by atoms with Crippen LogP contribution in [-0.2, 0) is 19.5 Å². The second-order valence-electron chi connectivity index (χ2n) is 4.57. The lowest BCUT2D eigenvalue weighted by atomic mass is 10.2. The zero-order valence-corrected chi connectivity index (χ0v) is 13.2. The predicted molar refractivity (Wildman–Crippen MR) is 82.6 cm³/mol. The lowest BCUT2D eigenvalue weighted by Crippen LogP contribution is -2.09. The number of hydrogen-bond acceptors (Lipinski definition) is 3. The molecule has 0 aliphatic heterocycles. The van der Waals surface area contributed by atoms with Gasteiger partial charge in [0.2, 0.25) is 0 Å². The third kappa shape index (κ3) is 3.29. The summed E-state index contributed by atoms with van der Waals surface area (Å²) in [5.74, 6) is 0.131. The van der Waals surface area contributed by atoms with Gasteiger partial charge in [-0.25, -0.2) is 4.39 Å². The van der Waals surface area contributed by atoms with Crippen molar-refractivity contribution in [2.45, 2.75) is 33.4 Å². The van der Waals surface area contributed by atoms with Gasteiger partial charge in [0, 0.05) is 12.6 Å². The van der Waals surface area contributed by atoms with Gasteiger partial charge in [0.25, 0.3) is 0 Å². The third-order valence-electron chi connectivity index (χ3n) is 3.30. The molecule has 6 heteroatoms. The Hall–Kier alpha value is -1.75. The number of rotatable bonds is 6. The van der Waals surface area contributed by atoms with Gasteiger partial charge in [-0.3, -0.25) is 4.68 Å². The molecule has 2 aromatic rings. The molecule has 0 spiro atoms.